The number of hydrogen-bond acceptors (Lipinski definition) is 4. The number of thiophene rings is 1. The second-order valence-corrected chi connectivity index (χ2v) is 9.85. The van der Waals surface area contributed by atoms with E-state index in [0.29, 0.717) is 27.3 Å². The summed E-state index contributed by atoms with van der Waals surface area (Å²) in [7, 11) is 0. The van der Waals surface area contributed by atoms with Crippen LogP contribution in [-0.4, -0.2) is 48.4 Å². The van der Waals surface area contributed by atoms with E-state index in [1.165, 1.54) is 4.88 Å². The number of nitrogens with zero attached hydrogens (tertiary/aromatic N) is 2. The minimum atomic E-state index is -0.133. The number of carbonyl (C=O) groups is 1. The van der Waals surface area contributed by atoms with Gasteiger partial charge in [-0.3, -0.25) is 14.6 Å². The lowest BCUT2D eigenvalue weighted by Gasteiger charge is -2.34. The third kappa shape index (κ3) is 5.58. The number of nitrogens with one attached hydrogen (secondary N) is 1. The summed E-state index contributed by atoms with van der Waals surface area (Å²) in [5.74, 6) is -0.133. The molecule has 2 aromatic rings. The molecular weight excluding hydrogens is 481 g/mol. The molecule has 0 unspecified atom stereocenters. The number of amides is 1. The first-order valence-corrected chi connectivity index (χ1v) is 10.8. The van der Waals surface area contributed by atoms with Gasteiger partial charge in [-0.2, -0.15) is 0 Å². The zero-order valence-electron chi connectivity index (χ0n) is 13.8. The maximum absolute atomic E-state index is 12.3. The number of piperazine rings is 1. The molecule has 1 fully saturated rings. The molecule has 4 nitrogen and oxygen atoms in total. The Bertz CT molecular complexity index is 770. The Balaban J connectivity index is 1.48. The first-order valence-electron chi connectivity index (χ1n) is 8.04. The maximum atomic E-state index is 12.3. The molecule has 1 aromatic heterocycles. The van der Waals surface area contributed by atoms with Crippen LogP contribution in [0.2, 0.25) is 15.1 Å². The molecule has 0 bridgehead atoms. The lowest BCUT2D eigenvalue weighted by atomic mass is 10.3. The van der Waals surface area contributed by atoms with Crippen LogP contribution >= 0.6 is 62.1 Å². The zero-order valence-corrected chi connectivity index (χ0v) is 18.4. The molecule has 1 aromatic carbocycles. The van der Waals surface area contributed by atoms with Gasteiger partial charge >= 0.3 is 0 Å². The molecule has 0 radical (unpaired) electrons. The summed E-state index contributed by atoms with van der Waals surface area (Å²) < 4.78 is 1.15. The fourth-order valence-electron chi connectivity index (χ4n) is 2.81. The quantitative estimate of drug-likeness (QED) is 0.615. The predicted molar refractivity (Wildman–Crippen MR) is 114 cm³/mol. The minimum Gasteiger partial charge on any atom is -0.322 e. The van der Waals surface area contributed by atoms with Gasteiger partial charge in [0.05, 0.1) is 26.1 Å². The SMILES string of the molecule is O=C(CN1CCN(Cc2ccc(Br)s2)CC1)Nc1c(Cl)cc(Cl)cc1Cl. The number of rotatable bonds is 5. The Labute approximate surface area is 180 Å². The number of halogens is 4. The lowest BCUT2D eigenvalue weighted by Crippen LogP contribution is -2.48. The van der Waals surface area contributed by atoms with Crippen molar-refractivity contribution in [3.8, 4) is 0 Å². The van der Waals surface area contributed by atoms with Crippen molar-refractivity contribution in [2.24, 2.45) is 0 Å². The largest absolute Gasteiger partial charge is 0.322 e. The second-order valence-electron chi connectivity index (χ2n) is 6.05. The van der Waals surface area contributed by atoms with Gasteiger partial charge in [0.2, 0.25) is 5.91 Å². The molecule has 1 amide bonds. The van der Waals surface area contributed by atoms with Gasteiger partial charge in [0, 0.05) is 42.6 Å². The number of carbonyl (C=O) groups excluding carboxylic acids is 1. The number of anilines is 1. The van der Waals surface area contributed by atoms with E-state index in [1.54, 1.807) is 23.5 Å². The monoisotopic (exact) mass is 495 g/mol. The molecule has 1 saturated heterocycles. The van der Waals surface area contributed by atoms with Gasteiger partial charge in [-0.05, 0) is 40.2 Å². The van der Waals surface area contributed by atoms with Crippen molar-refractivity contribution < 1.29 is 4.79 Å². The van der Waals surface area contributed by atoms with Crippen molar-refractivity contribution in [2.45, 2.75) is 6.54 Å². The number of hydrogen-bond donors (Lipinski definition) is 1. The highest BCUT2D eigenvalue weighted by Crippen LogP contribution is 2.33. The van der Waals surface area contributed by atoms with Gasteiger partial charge in [0.15, 0.2) is 0 Å². The average molecular weight is 498 g/mol. The van der Waals surface area contributed by atoms with Gasteiger partial charge < -0.3 is 5.32 Å². The van der Waals surface area contributed by atoms with Crippen LogP contribution in [-0.2, 0) is 11.3 Å². The summed E-state index contributed by atoms with van der Waals surface area (Å²) in [5, 5.41) is 3.90. The van der Waals surface area contributed by atoms with Gasteiger partial charge in [-0.15, -0.1) is 11.3 Å². The molecule has 1 N–H and O–H groups in total. The van der Waals surface area contributed by atoms with Crippen LogP contribution < -0.4 is 5.32 Å². The molecule has 9 heteroatoms. The first-order chi connectivity index (χ1) is 12.4. The molecule has 2 heterocycles. The highest BCUT2D eigenvalue weighted by molar-refractivity contribution is 9.11. The Kier molecular flexibility index (Phi) is 7.25. The Morgan fingerprint density at radius 2 is 1.69 bits per heavy atom. The smallest absolute Gasteiger partial charge is 0.238 e. The van der Waals surface area contributed by atoms with Crippen molar-refractivity contribution in [3.05, 3.63) is 48.0 Å². The average Bonchev–Trinajstić information content (AvgIpc) is 2.98. The maximum Gasteiger partial charge on any atom is 0.238 e. The summed E-state index contributed by atoms with van der Waals surface area (Å²) >= 11 is 23.4. The molecule has 0 atom stereocenters. The molecule has 0 aliphatic carbocycles. The molecule has 0 spiro atoms. The van der Waals surface area contributed by atoms with Crippen LogP contribution in [0.4, 0.5) is 5.69 Å². The van der Waals surface area contributed by atoms with Crippen LogP contribution in [0, 0.1) is 0 Å². The standard InChI is InChI=1S/C17H17BrCl3N3OS/c18-15-2-1-12(26-15)9-23-3-5-24(6-4-23)10-16(25)22-17-13(20)7-11(19)8-14(17)21/h1-2,7-8H,3-6,9-10H2,(H,22,25). The van der Waals surface area contributed by atoms with Gasteiger partial charge in [0.25, 0.3) is 0 Å². The molecule has 3 rings (SSSR count). The summed E-state index contributed by atoms with van der Waals surface area (Å²) in [4.78, 5) is 18.2. The van der Waals surface area contributed by atoms with Gasteiger partial charge in [0.1, 0.15) is 0 Å². The van der Waals surface area contributed by atoms with Crippen molar-refractivity contribution in [2.75, 3.05) is 38.0 Å². The lowest BCUT2D eigenvalue weighted by molar-refractivity contribution is -0.117. The van der Waals surface area contributed by atoms with E-state index in [1.807, 2.05) is 0 Å². The molecule has 0 saturated carbocycles. The van der Waals surface area contributed by atoms with Crippen molar-refractivity contribution in [1.29, 1.82) is 0 Å². The second kappa shape index (κ2) is 9.24. The van der Waals surface area contributed by atoms with Crippen molar-refractivity contribution in [3.63, 3.8) is 0 Å². The van der Waals surface area contributed by atoms with Gasteiger partial charge in [-0.1, -0.05) is 34.8 Å². The van der Waals surface area contributed by atoms with E-state index in [4.69, 9.17) is 34.8 Å². The Morgan fingerprint density at radius 1 is 1.08 bits per heavy atom. The van der Waals surface area contributed by atoms with Crippen molar-refractivity contribution >= 4 is 73.7 Å². The Hall–Kier alpha value is -0.340. The van der Waals surface area contributed by atoms with E-state index in [9.17, 15) is 4.79 Å². The molecule has 26 heavy (non-hydrogen) atoms. The fraction of sp³-hybridized carbons (Fsp3) is 0.353. The van der Waals surface area contributed by atoms with Crippen LogP contribution in [0.5, 0.6) is 0 Å². The van der Waals surface area contributed by atoms with Crippen LogP contribution in [0.3, 0.4) is 0 Å². The van der Waals surface area contributed by atoms with Crippen LogP contribution in [0.1, 0.15) is 4.88 Å². The summed E-state index contributed by atoms with van der Waals surface area (Å²) in [6.07, 6.45) is 0. The van der Waals surface area contributed by atoms with E-state index < -0.39 is 0 Å². The summed E-state index contributed by atoms with van der Waals surface area (Å²) in [5.41, 5.74) is 0.407. The van der Waals surface area contributed by atoms with E-state index in [2.05, 4.69) is 43.2 Å². The van der Waals surface area contributed by atoms with E-state index in [0.717, 1.165) is 36.5 Å². The zero-order chi connectivity index (χ0) is 18.7. The molecule has 1 aliphatic rings. The van der Waals surface area contributed by atoms with Crippen LogP contribution in [0.15, 0.2) is 28.1 Å². The molecule has 1 aliphatic heterocycles. The molecular formula is C17H17BrCl3N3OS. The number of benzene rings is 1. The van der Waals surface area contributed by atoms with E-state index in [-0.39, 0.29) is 5.91 Å². The van der Waals surface area contributed by atoms with Crippen LogP contribution in [0.25, 0.3) is 0 Å². The normalized spacial score (nSPS) is 16.0. The molecule has 140 valence electrons. The summed E-state index contributed by atoms with van der Waals surface area (Å²) in [6, 6.07) is 7.35. The van der Waals surface area contributed by atoms with E-state index >= 15 is 0 Å². The topological polar surface area (TPSA) is 35.6 Å². The highest BCUT2D eigenvalue weighted by atomic mass is 79.9. The third-order valence-corrected chi connectivity index (χ3v) is 6.53. The van der Waals surface area contributed by atoms with Crippen molar-refractivity contribution in [1.82, 2.24) is 9.80 Å². The summed E-state index contributed by atoms with van der Waals surface area (Å²) in [6.45, 7) is 4.83. The fourth-order valence-corrected chi connectivity index (χ4v) is 5.24. The predicted octanol–water partition coefficient (Wildman–Crippen LogP) is 5.23. The minimum absolute atomic E-state index is 0.133. The highest BCUT2D eigenvalue weighted by Gasteiger charge is 2.20. The third-order valence-electron chi connectivity index (χ3n) is 4.11. The first kappa shape index (κ1) is 20.4. The Morgan fingerprint density at radius 3 is 2.27 bits per heavy atom. The van der Waals surface area contributed by atoms with Gasteiger partial charge in [-0.25, -0.2) is 0 Å².